The first-order chi connectivity index (χ1) is 15.7. The van der Waals surface area contributed by atoms with Gasteiger partial charge >= 0.3 is 0 Å². The minimum absolute atomic E-state index is 0.116. The predicted octanol–water partition coefficient (Wildman–Crippen LogP) is 4.77. The number of aromatic nitrogens is 3. The Morgan fingerprint density at radius 3 is 2.69 bits per heavy atom. The average molecular weight is 449 g/mol. The standard InChI is InChI=1S/C24H24N4O3S/c1-3-28-20-7-5-4-6-19(20)27-24(28)32-16-23(29)26-18-8-9-21(30-2)22(14-18)31-15-17-10-12-25-13-11-17/h4-14H,3,15-16H2,1-2H3,(H,26,29). The van der Waals surface area contributed by atoms with Crippen molar-refractivity contribution in [2.45, 2.75) is 25.2 Å². The number of ether oxygens (including phenoxy) is 2. The molecule has 0 aliphatic rings. The summed E-state index contributed by atoms with van der Waals surface area (Å²) in [5.41, 5.74) is 3.64. The summed E-state index contributed by atoms with van der Waals surface area (Å²) in [6, 6.07) is 17.1. The molecule has 0 saturated heterocycles. The topological polar surface area (TPSA) is 78.3 Å². The molecule has 2 aromatic heterocycles. The summed E-state index contributed by atoms with van der Waals surface area (Å²) >= 11 is 1.42. The smallest absolute Gasteiger partial charge is 0.234 e. The third-order valence-corrected chi connectivity index (χ3v) is 5.84. The molecule has 1 N–H and O–H groups in total. The van der Waals surface area contributed by atoms with E-state index in [1.807, 2.05) is 36.4 Å². The molecule has 0 aliphatic carbocycles. The fourth-order valence-electron chi connectivity index (χ4n) is 3.30. The van der Waals surface area contributed by atoms with Crippen molar-refractivity contribution in [3.05, 3.63) is 72.6 Å². The number of methoxy groups -OCH3 is 1. The minimum Gasteiger partial charge on any atom is -0.493 e. The number of rotatable bonds is 9. The van der Waals surface area contributed by atoms with Crippen molar-refractivity contribution in [1.82, 2.24) is 14.5 Å². The second-order valence-corrected chi connectivity index (χ2v) is 7.92. The van der Waals surface area contributed by atoms with E-state index in [-0.39, 0.29) is 11.7 Å². The van der Waals surface area contributed by atoms with E-state index in [0.29, 0.717) is 23.8 Å². The molecule has 0 bridgehead atoms. The van der Waals surface area contributed by atoms with Crippen LogP contribution < -0.4 is 14.8 Å². The number of pyridine rings is 1. The van der Waals surface area contributed by atoms with E-state index in [1.165, 1.54) is 11.8 Å². The van der Waals surface area contributed by atoms with Gasteiger partial charge in [0.15, 0.2) is 16.7 Å². The number of benzene rings is 2. The summed E-state index contributed by atoms with van der Waals surface area (Å²) in [5, 5.41) is 3.76. The van der Waals surface area contributed by atoms with Gasteiger partial charge in [-0.1, -0.05) is 23.9 Å². The zero-order valence-corrected chi connectivity index (χ0v) is 18.8. The Hall–Kier alpha value is -3.52. The highest BCUT2D eigenvalue weighted by Gasteiger charge is 2.13. The van der Waals surface area contributed by atoms with Gasteiger partial charge in [-0.2, -0.15) is 0 Å². The second kappa shape index (κ2) is 10.2. The average Bonchev–Trinajstić information content (AvgIpc) is 3.19. The van der Waals surface area contributed by atoms with Crippen molar-refractivity contribution < 1.29 is 14.3 Å². The fourth-order valence-corrected chi connectivity index (χ4v) is 4.18. The molecule has 164 valence electrons. The van der Waals surface area contributed by atoms with Gasteiger partial charge in [0, 0.05) is 30.7 Å². The first kappa shape index (κ1) is 21.7. The van der Waals surface area contributed by atoms with Crippen LogP contribution in [0.15, 0.2) is 72.1 Å². The summed E-state index contributed by atoms with van der Waals surface area (Å²) in [7, 11) is 1.59. The van der Waals surface area contributed by atoms with Gasteiger partial charge < -0.3 is 19.4 Å². The van der Waals surface area contributed by atoms with E-state index in [2.05, 4.69) is 26.8 Å². The van der Waals surface area contributed by atoms with Crippen LogP contribution in [-0.4, -0.2) is 33.3 Å². The van der Waals surface area contributed by atoms with Crippen molar-refractivity contribution in [3.8, 4) is 11.5 Å². The summed E-state index contributed by atoms with van der Waals surface area (Å²) in [4.78, 5) is 21.3. The highest BCUT2D eigenvalue weighted by atomic mass is 32.2. The van der Waals surface area contributed by atoms with Gasteiger partial charge in [0.25, 0.3) is 0 Å². The Morgan fingerprint density at radius 1 is 1.09 bits per heavy atom. The van der Waals surface area contributed by atoms with Gasteiger partial charge in [0.1, 0.15) is 6.61 Å². The maximum Gasteiger partial charge on any atom is 0.234 e. The summed E-state index contributed by atoms with van der Waals surface area (Å²) in [6.07, 6.45) is 3.44. The highest BCUT2D eigenvalue weighted by Crippen LogP contribution is 2.31. The molecule has 0 atom stereocenters. The molecular formula is C24H24N4O3S. The monoisotopic (exact) mass is 448 g/mol. The number of carbonyl (C=O) groups is 1. The van der Waals surface area contributed by atoms with E-state index in [4.69, 9.17) is 9.47 Å². The van der Waals surface area contributed by atoms with Crippen LogP contribution in [0, 0.1) is 0 Å². The number of nitrogens with zero attached hydrogens (tertiary/aromatic N) is 3. The highest BCUT2D eigenvalue weighted by molar-refractivity contribution is 7.99. The second-order valence-electron chi connectivity index (χ2n) is 6.97. The van der Waals surface area contributed by atoms with Gasteiger partial charge in [-0.15, -0.1) is 0 Å². The molecule has 1 amide bonds. The van der Waals surface area contributed by atoms with Crippen molar-refractivity contribution >= 4 is 34.4 Å². The van der Waals surface area contributed by atoms with Crippen molar-refractivity contribution in [2.75, 3.05) is 18.2 Å². The molecule has 0 saturated carbocycles. The van der Waals surface area contributed by atoms with E-state index in [0.717, 1.165) is 28.3 Å². The Labute approximate surface area is 190 Å². The molecule has 0 fully saturated rings. The largest absolute Gasteiger partial charge is 0.493 e. The molecule has 7 nitrogen and oxygen atoms in total. The molecule has 4 aromatic rings. The Balaban J connectivity index is 1.41. The van der Waals surface area contributed by atoms with Crippen LogP contribution in [0.25, 0.3) is 11.0 Å². The minimum atomic E-state index is -0.116. The molecule has 0 unspecified atom stereocenters. The van der Waals surface area contributed by atoms with Crippen LogP contribution in [0.2, 0.25) is 0 Å². The van der Waals surface area contributed by atoms with E-state index in [1.54, 1.807) is 37.7 Å². The molecule has 2 aromatic carbocycles. The number of hydrogen-bond donors (Lipinski definition) is 1. The van der Waals surface area contributed by atoms with Crippen LogP contribution in [0.3, 0.4) is 0 Å². The number of para-hydroxylation sites is 2. The molecule has 2 heterocycles. The van der Waals surface area contributed by atoms with Crippen LogP contribution in [-0.2, 0) is 17.9 Å². The molecule has 8 heteroatoms. The number of fused-ring (bicyclic) bond motifs is 1. The SMILES string of the molecule is CCn1c(SCC(=O)Nc2ccc(OC)c(OCc3ccncc3)c2)nc2ccccc21. The van der Waals surface area contributed by atoms with Crippen LogP contribution in [0.1, 0.15) is 12.5 Å². The number of imidazole rings is 1. The lowest BCUT2D eigenvalue weighted by atomic mass is 10.2. The Kier molecular flexibility index (Phi) is 6.91. The maximum absolute atomic E-state index is 12.6. The first-order valence-corrected chi connectivity index (χ1v) is 11.2. The normalized spacial score (nSPS) is 10.8. The number of nitrogens with one attached hydrogen (secondary N) is 1. The number of hydrogen-bond acceptors (Lipinski definition) is 6. The molecule has 0 aliphatic heterocycles. The molecule has 4 rings (SSSR count). The third kappa shape index (κ3) is 5.03. The summed E-state index contributed by atoms with van der Waals surface area (Å²) in [5.74, 6) is 1.29. The van der Waals surface area contributed by atoms with Crippen molar-refractivity contribution in [2.24, 2.45) is 0 Å². The van der Waals surface area contributed by atoms with E-state index < -0.39 is 0 Å². The number of thioether (sulfide) groups is 1. The fraction of sp³-hybridized carbons (Fsp3) is 0.208. The number of anilines is 1. The van der Waals surface area contributed by atoms with Gasteiger partial charge in [-0.05, 0) is 48.9 Å². The quantitative estimate of drug-likeness (QED) is 0.372. The molecule has 32 heavy (non-hydrogen) atoms. The lowest BCUT2D eigenvalue weighted by Crippen LogP contribution is -2.14. The Bertz CT molecular complexity index is 1210. The molecular weight excluding hydrogens is 424 g/mol. The zero-order chi connectivity index (χ0) is 22.3. The zero-order valence-electron chi connectivity index (χ0n) is 17.9. The summed E-state index contributed by atoms with van der Waals surface area (Å²) < 4.78 is 13.4. The van der Waals surface area contributed by atoms with Gasteiger partial charge in [0.05, 0.1) is 23.9 Å². The lowest BCUT2D eigenvalue weighted by Gasteiger charge is -2.13. The van der Waals surface area contributed by atoms with Crippen molar-refractivity contribution in [3.63, 3.8) is 0 Å². The Morgan fingerprint density at radius 2 is 1.91 bits per heavy atom. The number of carbonyl (C=O) groups excluding carboxylic acids is 1. The predicted molar refractivity (Wildman–Crippen MR) is 126 cm³/mol. The summed E-state index contributed by atoms with van der Waals surface area (Å²) in [6.45, 7) is 3.24. The molecule has 0 spiro atoms. The van der Waals surface area contributed by atoms with Gasteiger partial charge in [-0.3, -0.25) is 9.78 Å². The maximum atomic E-state index is 12.6. The third-order valence-electron chi connectivity index (χ3n) is 4.86. The molecule has 0 radical (unpaired) electrons. The van der Waals surface area contributed by atoms with E-state index >= 15 is 0 Å². The van der Waals surface area contributed by atoms with Crippen molar-refractivity contribution in [1.29, 1.82) is 0 Å². The van der Waals surface area contributed by atoms with Crippen LogP contribution in [0.5, 0.6) is 11.5 Å². The van der Waals surface area contributed by atoms with Crippen LogP contribution >= 0.6 is 11.8 Å². The lowest BCUT2D eigenvalue weighted by molar-refractivity contribution is -0.113. The van der Waals surface area contributed by atoms with Crippen LogP contribution in [0.4, 0.5) is 5.69 Å². The first-order valence-electron chi connectivity index (χ1n) is 10.3. The number of amides is 1. The van der Waals surface area contributed by atoms with Gasteiger partial charge in [-0.25, -0.2) is 4.98 Å². The van der Waals surface area contributed by atoms with Gasteiger partial charge in [0.2, 0.25) is 5.91 Å². The van der Waals surface area contributed by atoms with E-state index in [9.17, 15) is 4.79 Å². The number of aryl methyl sites for hydroxylation is 1.